The Bertz CT molecular complexity index is 797. The summed E-state index contributed by atoms with van der Waals surface area (Å²) in [7, 11) is 0. The third-order valence-corrected chi connectivity index (χ3v) is 4.31. The van der Waals surface area contributed by atoms with Crippen molar-refractivity contribution in [1.29, 1.82) is 0 Å². The molecular weight excluding hydrogens is 377 g/mol. The van der Waals surface area contributed by atoms with Gasteiger partial charge in [0.05, 0.1) is 18.3 Å². The Kier molecular flexibility index (Phi) is 4.89. The largest absolute Gasteiger partial charge is 0.343 e. The number of amides is 2. The van der Waals surface area contributed by atoms with E-state index >= 15 is 0 Å². The monoisotopic (exact) mass is 391 g/mol. The first-order valence-electron chi connectivity index (χ1n) is 7.54. The topological polar surface area (TPSA) is 62.3 Å². The highest BCUT2D eigenvalue weighted by molar-refractivity contribution is 9.10. The smallest absolute Gasteiger partial charge is 0.254 e. The lowest BCUT2D eigenvalue weighted by atomic mass is 10.0. The maximum absolute atomic E-state index is 13.7. The van der Waals surface area contributed by atoms with E-state index in [4.69, 9.17) is 0 Å². The highest BCUT2D eigenvalue weighted by Crippen LogP contribution is 2.26. The molecule has 7 heteroatoms. The molecule has 0 fully saturated rings. The first kappa shape index (κ1) is 16.6. The summed E-state index contributed by atoms with van der Waals surface area (Å²) in [5.74, 6) is -1.59. The zero-order chi connectivity index (χ0) is 17.1. The number of aromatic nitrogens is 1. The van der Waals surface area contributed by atoms with Crippen molar-refractivity contribution in [3.63, 3.8) is 0 Å². The summed E-state index contributed by atoms with van der Waals surface area (Å²) < 4.78 is 14.0. The molecule has 1 aliphatic heterocycles. The number of hydrogen-bond acceptors (Lipinski definition) is 3. The van der Waals surface area contributed by atoms with Crippen molar-refractivity contribution < 1.29 is 14.0 Å². The van der Waals surface area contributed by atoms with Crippen LogP contribution < -0.4 is 10.2 Å². The Hall–Kier alpha value is -2.28. The van der Waals surface area contributed by atoms with Gasteiger partial charge in [0.2, 0.25) is 5.91 Å². The minimum Gasteiger partial charge on any atom is -0.343 e. The number of fused-ring (bicyclic) bond motifs is 1. The molecule has 124 valence electrons. The number of aryl methyl sites for hydroxylation is 1. The van der Waals surface area contributed by atoms with Gasteiger partial charge in [0, 0.05) is 12.2 Å². The van der Waals surface area contributed by atoms with Gasteiger partial charge in [-0.05, 0) is 46.5 Å². The van der Waals surface area contributed by atoms with Gasteiger partial charge in [-0.3, -0.25) is 9.59 Å². The molecule has 0 unspecified atom stereocenters. The zero-order valence-corrected chi connectivity index (χ0v) is 14.3. The van der Waals surface area contributed by atoms with Gasteiger partial charge in [-0.2, -0.15) is 0 Å². The van der Waals surface area contributed by atoms with Crippen LogP contribution in [0.3, 0.4) is 0 Å². The molecule has 0 atom stereocenters. The summed E-state index contributed by atoms with van der Waals surface area (Å²) in [6, 6.07) is 9.00. The average Bonchev–Trinajstić information content (AvgIpc) is 2.61. The van der Waals surface area contributed by atoms with Crippen molar-refractivity contribution >= 4 is 33.4 Å². The van der Waals surface area contributed by atoms with Crippen molar-refractivity contribution in [3.05, 3.63) is 58.1 Å². The molecule has 3 rings (SSSR count). The first-order valence-corrected chi connectivity index (χ1v) is 8.33. The SMILES string of the molecule is O=C(NCC(=O)N1CCCc2ccccc21)c1cc(Br)ncc1F. The summed E-state index contributed by atoms with van der Waals surface area (Å²) in [4.78, 5) is 29.9. The van der Waals surface area contributed by atoms with Gasteiger partial charge in [-0.25, -0.2) is 9.37 Å². The lowest BCUT2D eigenvalue weighted by Gasteiger charge is -2.29. The average molecular weight is 392 g/mol. The second-order valence-electron chi connectivity index (χ2n) is 5.45. The zero-order valence-electron chi connectivity index (χ0n) is 12.8. The van der Waals surface area contributed by atoms with Crippen LogP contribution in [0, 0.1) is 5.82 Å². The number of hydrogen-bond donors (Lipinski definition) is 1. The molecule has 0 aliphatic carbocycles. The molecule has 0 spiro atoms. The molecule has 1 aromatic carbocycles. The maximum atomic E-state index is 13.7. The van der Waals surface area contributed by atoms with E-state index in [1.165, 1.54) is 6.07 Å². The van der Waals surface area contributed by atoms with Gasteiger partial charge < -0.3 is 10.2 Å². The minimum absolute atomic E-state index is 0.149. The second kappa shape index (κ2) is 7.09. The van der Waals surface area contributed by atoms with E-state index in [0.717, 1.165) is 30.3 Å². The van der Waals surface area contributed by atoms with Crippen LogP contribution in [0.4, 0.5) is 10.1 Å². The number of carbonyl (C=O) groups excluding carboxylic acids is 2. The van der Waals surface area contributed by atoms with Gasteiger partial charge >= 0.3 is 0 Å². The molecular formula is C17H15BrFN3O2. The lowest BCUT2D eigenvalue weighted by molar-refractivity contribution is -0.117. The molecule has 2 aromatic rings. The first-order chi connectivity index (χ1) is 11.6. The van der Waals surface area contributed by atoms with E-state index < -0.39 is 11.7 Å². The summed E-state index contributed by atoms with van der Waals surface area (Å²) in [5.41, 5.74) is 1.84. The van der Waals surface area contributed by atoms with Crippen molar-refractivity contribution in [2.75, 3.05) is 18.0 Å². The van der Waals surface area contributed by atoms with E-state index in [2.05, 4.69) is 26.2 Å². The number of benzene rings is 1. The number of halogens is 2. The van der Waals surface area contributed by atoms with E-state index in [0.29, 0.717) is 11.1 Å². The molecule has 0 saturated heterocycles. The third-order valence-electron chi connectivity index (χ3n) is 3.88. The minimum atomic E-state index is -0.730. The van der Waals surface area contributed by atoms with Crippen molar-refractivity contribution in [2.45, 2.75) is 12.8 Å². The Balaban J connectivity index is 1.68. The van der Waals surface area contributed by atoms with Gasteiger partial charge in [-0.15, -0.1) is 0 Å². The van der Waals surface area contributed by atoms with Crippen LogP contribution in [0.1, 0.15) is 22.3 Å². The number of para-hydroxylation sites is 1. The molecule has 0 bridgehead atoms. The molecule has 5 nitrogen and oxygen atoms in total. The van der Waals surface area contributed by atoms with Gasteiger partial charge in [0.1, 0.15) is 4.60 Å². The van der Waals surface area contributed by atoms with Gasteiger partial charge in [-0.1, -0.05) is 18.2 Å². The molecule has 1 aliphatic rings. The van der Waals surface area contributed by atoms with Crippen LogP contribution in [0.15, 0.2) is 41.1 Å². The molecule has 2 amide bonds. The number of anilines is 1. The molecule has 1 N–H and O–H groups in total. The van der Waals surface area contributed by atoms with E-state index in [1.807, 2.05) is 24.3 Å². The maximum Gasteiger partial charge on any atom is 0.254 e. The number of pyridine rings is 1. The van der Waals surface area contributed by atoms with Crippen LogP contribution in [0.2, 0.25) is 0 Å². The molecule has 1 aromatic heterocycles. The van der Waals surface area contributed by atoms with Gasteiger partial charge in [0.15, 0.2) is 5.82 Å². The fourth-order valence-corrected chi connectivity index (χ4v) is 3.06. The van der Waals surface area contributed by atoms with Crippen LogP contribution in [0.5, 0.6) is 0 Å². The normalized spacial score (nSPS) is 13.3. The van der Waals surface area contributed by atoms with E-state index in [9.17, 15) is 14.0 Å². The Morgan fingerprint density at radius 3 is 2.96 bits per heavy atom. The van der Waals surface area contributed by atoms with Crippen LogP contribution >= 0.6 is 15.9 Å². The molecule has 0 saturated carbocycles. The Labute approximate surface area is 147 Å². The lowest BCUT2D eigenvalue weighted by Crippen LogP contribution is -2.42. The van der Waals surface area contributed by atoms with Crippen molar-refractivity contribution in [1.82, 2.24) is 10.3 Å². The van der Waals surface area contributed by atoms with Crippen LogP contribution in [0.25, 0.3) is 0 Å². The number of nitrogens with zero attached hydrogens (tertiary/aromatic N) is 2. The Morgan fingerprint density at radius 2 is 2.12 bits per heavy atom. The molecule has 0 radical (unpaired) electrons. The fourth-order valence-electron chi connectivity index (χ4n) is 2.73. The predicted octanol–water partition coefficient (Wildman–Crippen LogP) is 2.69. The van der Waals surface area contributed by atoms with Crippen LogP contribution in [-0.2, 0) is 11.2 Å². The number of carbonyl (C=O) groups is 2. The summed E-state index contributed by atoms with van der Waals surface area (Å²) >= 11 is 3.09. The second-order valence-corrected chi connectivity index (χ2v) is 6.26. The number of rotatable bonds is 3. The van der Waals surface area contributed by atoms with E-state index in [-0.39, 0.29) is 18.0 Å². The standard InChI is InChI=1S/C17H15BrFN3O2/c18-15-8-12(13(19)9-20-15)17(24)21-10-16(23)22-7-3-5-11-4-1-2-6-14(11)22/h1-2,4,6,8-9H,3,5,7,10H2,(H,21,24). The van der Waals surface area contributed by atoms with E-state index in [1.54, 1.807) is 4.90 Å². The summed E-state index contributed by atoms with van der Waals surface area (Å²) in [6.45, 7) is 0.424. The Morgan fingerprint density at radius 1 is 1.33 bits per heavy atom. The molecule has 24 heavy (non-hydrogen) atoms. The quantitative estimate of drug-likeness (QED) is 0.818. The summed E-state index contributed by atoms with van der Waals surface area (Å²) in [6.07, 6.45) is 2.77. The third kappa shape index (κ3) is 3.46. The van der Waals surface area contributed by atoms with Crippen molar-refractivity contribution in [3.8, 4) is 0 Å². The van der Waals surface area contributed by atoms with Crippen LogP contribution in [-0.4, -0.2) is 29.9 Å². The fraction of sp³-hybridized carbons (Fsp3) is 0.235. The highest BCUT2D eigenvalue weighted by atomic mass is 79.9. The van der Waals surface area contributed by atoms with Gasteiger partial charge in [0.25, 0.3) is 5.91 Å². The highest BCUT2D eigenvalue weighted by Gasteiger charge is 2.23. The predicted molar refractivity (Wildman–Crippen MR) is 91.3 cm³/mol. The molecule has 2 heterocycles. The summed E-state index contributed by atoms with van der Waals surface area (Å²) in [5, 5.41) is 2.48. The number of nitrogens with one attached hydrogen (secondary N) is 1. The van der Waals surface area contributed by atoms with Crippen molar-refractivity contribution in [2.24, 2.45) is 0 Å².